The third-order valence-corrected chi connectivity index (χ3v) is 3.65. The molecule has 2 rings (SSSR count). The van der Waals surface area contributed by atoms with Gasteiger partial charge >= 0.3 is 5.97 Å². The molecule has 1 aromatic heterocycles. The van der Waals surface area contributed by atoms with Crippen LogP contribution in [0.4, 0.5) is 0 Å². The zero-order valence-electron chi connectivity index (χ0n) is 9.31. The van der Waals surface area contributed by atoms with Crippen LogP contribution in [0.25, 0.3) is 0 Å². The minimum Gasteiger partial charge on any atom is -0.476 e. The maximum absolute atomic E-state index is 11.7. The third kappa shape index (κ3) is 3.26. The van der Waals surface area contributed by atoms with Crippen LogP contribution >= 0.6 is 11.3 Å². The average molecular weight is 254 g/mol. The smallest absolute Gasteiger partial charge is 0.355 e. The number of thiazole rings is 1. The molecule has 0 saturated heterocycles. The van der Waals surface area contributed by atoms with Gasteiger partial charge in [0.05, 0.1) is 6.42 Å². The second-order valence-electron chi connectivity index (χ2n) is 4.16. The molecule has 1 saturated carbocycles. The summed E-state index contributed by atoms with van der Waals surface area (Å²) in [6, 6.07) is 0.293. The molecule has 1 aliphatic rings. The van der Waals surface area contributed by atoms with Gasteiger partial charge in [0.2, 0.25) is 5.91 Å². The van der Waals surface area contributed by atoms with Crippen molar-refractivity contribution in [2.24, 2.45) is 0 Å². The minimum absolute atomic E-state index is 0.0127. The summed E-state index contributed by atoms with van der Waals surface area (Å²) in [6.07, 6.45) is 4.61. The SMILES string of the molecule is O=C(Cc1nc(C(=O)O)cs1)NC1CCCC1. The van der Waals surface area contributed by atoms with E-state index in [-0.39, 0.29) is 18.0 Å². The third-order valence-electron chi connectivity index (χ3n) is 2.80. The first-order valence-electron chi connectivity index (χ1n) is 5.62. The highest BCUT2D eigenvalue weighted by Gasteiger charge is 2.18. The molecule has 92 valence electrons. The topological polar surface area (TPSA) is 79.3 Å². The lowest BCUT2D eigenvalue weighted by molar-refractivity contribution is -0.121. The van der Waals surface area contributed by atoms with E-state index >= 15 is 0 Å². The number of aromatic nitrogens is 1. The predicted molar refractivity (Wildman–Crippen MR) is 63.2 cm³/mol. The monoisotopic (exact) mass is 254 g/mol. The molecular formula is C11H14N2O3S. The first-order chi connectivity index (χ1) is 8.15. The lowest BCUT2D eigenvalue weighted by atomic mass is 10.2. The molecule has 1 amide bonds. The van der Waals surface area contributed by atoms with E-state index < -0.39 is 5.97 Å². The highest BCUT2D eigenvalue weighted by atomic mass is 32.1. The highest BCUT2D eigenvalue weighted by Crippen LogP contribution is 2.18. The Bertz CT molecular complexity index is 424. The van der Waals surface area contributed by atoms with Crippen molar-refractivity contribution < 1.29 is 14.7 Å². The van der Waals surface area contributed by atoms with Crippen LogP contribution in [0.5, 0.6) is 0 Å². The summed E-state index contributed by atoms with van der Waals surface area (Å²) in [7, 11) is 0. The van der Waals surface area contributed by atoms with Gasteiger partial charge in [0.25, 0.3) is 0 Å². The Kier molecular flexibility index (Phi) is 3.73. The van der Waals surface area contributed by atoms with Gasteiger partial charge in [-0.1, -0.05) is 12.8 Å². The number of rotatable bonds is 4. The van der Waals surface area contributed by atoms with Crippen LogP contribution in [-0.4, -0.2) is 28.0 Å². The van der Waals surface area contributed by atoms with Crippen LogP contribution in [0, 0.1) is 0 Å². The first kappa shape index (κ1) is 12.0. The molecule has 1 heterocycles. The van der Waals surface area contributed by atoms with E-state index in [1.165, 1.54) is 29.6 Å². The normalized spacial score (nSPS) is 16.0. The molecule has 1 aromatic rings. The second kappa shape index (κ2) is 5.27. The van der Waals surface area contributed by atoms with Gasteiger partial charge in [-0.25, -0.2) is 9.78 Å². The Morgan fingerprint density at radius 2 is 2.18 bits per heavy atom. The summed E-state index contributed by atoms with van der Waals surface area (Å²) in [5, 5.41) is 13.7. The van der Waals surface area contributed by atoms with Crippen molar-refractivity contribution >= 4 is 23.2 Å². The molecule has 0 aliphatic heterocycles. The fourth-order valence-electron chi connectivity index (χ4n) is 1.98. The van der Waals surface area contributed by atoms with Crippen molar-refractivity contribution in [3.8, 4) is 0 Å². The van der Waals surface area contributed by atoms with Crippen LogP contribution in [0.3, 0.4) is 0 Å². The van der Waals surface area contributed by atoms with E-state index in [0.29, 0.717) is 11.0 Å². The van der Waals surface area contributed by atoms with Crippen LogP contribution in [0.15, 0.2) is 5.38 Å². The zero-order valence-corrected chi connectivity index (χ0v) is 10.1. The van der Waals surface area contributed by atoms with Crippen molar-refractivity contribution in [2.45, 2.75) is 38.1 Å². The fourth-order valence-corrected chi connectivity index (χ4v) is 2.74. The average Bonchev–Trinajstić information content (AvgIpc) is 2.88. The maximum Gasteiger partial charge on any atom is 0.355 e. The van der Waals surface area contributed by atoms with Crippen molar-refractivity contribution in [1.82, 2.24) is 10.3 Å². The molecule has 6 heteroatoms. The molecule has 0 aromatic carbocycles. The molecule has 0 radical (unpaired) electrons. The molecule has 0 atom stereocenters. The number of nitrogens with zero attached hydrogens (tertiary/aromatic N) is 1. The summed E-state index contributed by atoms with van der Waals surface area (Å²) < 4.78 is 0. The van der Waals surface area contributed by atoms with E-state index in [1.807, 2.05) is 0 Å². The maximum atomic E-state index is 11.7. The largest absolute Gasteiger partial charge is 0.476 e. The van der Waals surface area contributed by atoms with Crippen LogP contribution in [-0.2, 0) is 11.2 Å². The number of carboxylic acid groups (broad SMARTS) is 1. The van der Waals surface area contributed by atoms with Gasteiger partial charge in [-0.3, -0.25) is 4.79 Å². The highest BCUT2D eigenvalue weighted by molar-refractivity contribution is 7.09. The Hall–Kier alpha value is -1.43. The minimum atomic E-state index is -1.05. The molecule has 2 N–H and O–H groups in total. The van der Waals surface area contributed by atoms with Crippen LogP contribution in [0.1, 0.15) is 41.2 Å². The van der Waals surface area contributed by atoms with Gasteiger partial charge in [0, 0.05) is 11.4 Å². The number of carboxylic acids is 1. The van der Waals surface area contributed by atoms with Gasteiger partial charge in [-0.15, -0.1) is 11.3 Å². The standard InChI is InChI=1S/C11H14N2O3S/c14-9(12-7-3-1-2-4-7)5-10-13-8(6-17-10)11(15)16/h6-7H,1-5H2,(H,12,14)(H,15,16). The quantitative estimate of drug-likeness (QED) is 0.852. The molecule has 5 nitrogen and oxygen atoms in total. The fraction of sp³-hybridized carbons (Fsp3) is 0.545. The molecule has 1 fully saturated rings. The molecule has 0 spiro atoms. The van der Waals surface area contributed by atoms with Crippen molar-refractivity contribution in [3.05, 3.63) is 16.1 Å². The van der Waals surface area contributed by atoms with Crippen molar-refractivity contribution in [1.29, 1.82) is 0 Å². The Morgan fingerprint density at radius 3 is 2.76 bits per heavy atom. The summed E-state index contributed by atoms with van der Waals surface area (Å²) in [4.78, 5) is 26.2. The van der Waals surface area contributed by atoms with E-state index in [4.69, 9.17) is 5.11 Å². The van der Waals surface area contributed by atoms with E-state index in [2.05, 4.69) is 10.3 Å². The Labute approximate surface area is 103 Å². The van der Waals surface area contributed by atoms with Crippen LogP contribution in [0.2, 0.25) is 0 Å². The number of amides is 1. The number of carbonyl (C=O) groups is 2. The van der Waals surface area contributed by atoms with E-state index in [0.717, 1.165) is 12.8 Å². The van der Waals surface area contributed by atoms with Gasteiger partial charge in [-0.2, -0.15) is 0 Å². The summed E-state index contributed by atoms with van der Waals surface area (Å²) >= 11 is 1.21. The Morgan fingerprint density at radius 1 is 1.47 bits per heavy atom. The van der Waals surface area contributed by atoms with E-state index in [1.54, 1.807) is 0 Å². The molecule has 0 bridgehead atoms. The number of hydrogen-bond acceptors (Lipinski definition) is 4. The summed E-state index contributed by atoms with van der Waals surface area (Å²) in [6.45, 7) is 0. The molecule has 17 heavy (non-hydrogen) atoms. The van der Waals surface area contributed by atoms with Crippen molar-refractivity contribution in [3.63, 3.8) is 0 Å². The summed E-state index contributed by atoms with van der Waals surface area (Å²) in [5.41, 5.74) is 0.0127. The number of aromatic carboxylic acids is 1. The first-order valence-corrected chi connectivity index (χ1v) is 6.50. The van der Waals surface area contributed by atoms with Gasteiger partial charge in [-0.05, 0) is 12.8 Å². The van der Waals surface area contributed by atoms with Gasteiger partial charge in [0.1, 0.15) is 5.01 Å². The zero-order chi connectivity index (χ0) is 12.3. The van der Waals surface area contributed by atoms with E-state index in [9.17, 15) is 9.59 Å². The van der Waals surface area contributed by atoms with Crippen molar-refractivity contribution in [2.75, 3.05) is 0 Å². The van der Waals surface area contributed by atoms with Crippen LogP contribution < -0.4 is 5.32 Å². The number of nitrogens with one attached hydrogen (secondary N) is 1. The molecule has 0 unspecified atom stereocenters. The van der Waals surface area contributed by atoms with Gasteiger partial charge < -0.3 is 10.4 Å². The predicted octanol–water partition coefficient (Wildman–Crippen LogP) is 1.44. The lowest BCUT2D eigenvalue weighted by Gasteiger charge is -2.10. The lowest BCUT2D eigenvalue weighted by Crippen LogP contribution is -2.33. The second-order valence-corrected chi connectivity index (χ2v) is 5.10. The Balaban J connectivity index is 1.86. The van der Waals surface area contributed by atoms with Gasteiger partial charge in [0.15, 0.2) is 5.69 Å². The molecule has 1 aliphatic carbocycles. The summed E-state index contributed by atoms with van der Waals surface area (Å²) in [5.74, 6) is -1.12. The molecular weight excluding hydrogens is 240 g/mol. The number of hydrogen-bond donors (Lipinski definition) is 2. The number of carbonyl (C=O) groups excluding carboxylic acids is 1.